The SMILES string of the molecule is COc1ccc(C=CC(=O)c2ccc3ccccc3c2)cc1. The van der Waals surface area contributed by atoms with Crippen molar-refractivity contribution < 1.29 is 9.53 Å². The van der Waals surface area contributed by atoms with Gasteiger partial charge in [-0.2, -0.15) is 0 Å². The smallest absolute Gasteiger partial charge is 0.185 e. The van der Waals surface area contributed by atoms with E-state index < -0.39 is 0 Å². The fraction of sp³-hybridized carbons (Fsp3) is 0.0500. The highest BCUT2D eigenvalue weighted by molar-refractivity contribution is 6.08. The van der Waals surface area contributed by atoms with E-state index in [1.807, 2.05) is 72.8 Å². The van der Waals surface area contributed by atoms with Crippen LogP contribution in [0.4, 0.5) is 0 Å². The van der Waals surface area contributed by atoms with Crippen molar-refractivity contribution in [3.8, 4) is 5.75 Å². The van der Waals surface area contributed by atoms with Crippen LogP contribution in [0.2, 0.25) is 0 Å². The van der Waals surface area contributed by atoms with Crippen molar-refractivity contribution in [3.63, 3.8) is 0 Å². The largest absolute Gasteiger partial charge is 0.497 e. The Morgan fingerprint density at radius 2 is 1.64 bits per heavy atom. The van der Waals surface area contributed by atoms with Crippen molar-refractivity contribution in [1.82, 2.24) is 0 Å². The van der Waals surface area contributed by atoms with Gasteiger partial charge in [-0.05, 0) is 40.6 Å². The molecule has 2 nitrogen and oxygen atoms in total. The Hall–Kier alpha value is -2.87. The van der Waals surface area contributed by atoms with Crippen molar-refractivity contribution in [2.75, 3.05) is 7.11 Å². The number of ketones is 1. The minimum absolute atomic E-state index is 0.00145. The molecule has 0 saturated heterocycles. The van der Waals surface area contributed by atoms with E-state index >= 15 is 0 Å². The van der Waals surface area contributed by atoms with E-state index in [1.165, 1.54) is 0 Å². The highest BCUT2D eigenvalue weighted by Gasteiger charge is 2.03. The summed E-state index contributed by atoms with van der Waals surface area (Å²) in [4.78, 5) is 12.3. The lowest BCUT2D eigenvalue weighted by Gasteiger charge is -2.01. The number of ether oxygens (including phenoxy) is 1. The highest BCUT2D eigenvalue weighted by Crippen LogP contribution is 2.17. The highest BCUT2D eigenvalue weighted by atomic mass is 16.5. The molecular formula is C20H16O2. The van der Waals surface area contributed by atoms with Crippen LogP contribution in [-0.2, 0) is 0 Å². The van der Waals surface area contributed by atoms with Gasteiger partial charge in [0, 0.05) is 5.56 Å². The average Bonchev–Trinajstić information content (AvgIpc) is 2.59. The molecule has 2 heteroatoms. The minimum atomic E-state index is 0.00145. The number of hydrogen-bond acceptors (Lipinski definition) is 2. The van der Waals surface area contributed by atoms with Crippen molar-refractivity contribution >= 4 is 22.6 Å². The maximum atomic E-state index is 12.3. The number of carbonyl (C=O) groups is 1. The molecule has 0 heterocycles. The van der Waals surface area contributed by atoms with Crippen LogP contribution < -0.4 is 4.74 Å². The Morgan fingerprint density at radius 1 is 0.909 bits per heavy atom. The molecule has 0 aliphatic carbocycles. The van der Waals surface area contributed by atoms with Crippen LogP contribution in [0.5, 0.6) is 5.75 Å². The first-order chi connectivity index (χ1) is 10.8. The third-order valence-electron chi connectivity index (χ3n) is 3.58. The second kappa shape index (κ2) is 6.27. The lowest BCUT2D eigenvalue weighted by atomic mass is 10.0. The summed E-state index contributed by atoms with van der Waals surface area (Å²) < 4.78 is 5.11. The molecule has 0 bridgehead atoms. The summed E-state index contributed by atoms with van der Waals surface area (Å²) in [5, 5.41) is 2.21. The fourth-order valence-corrected chi connectivity index (χ4v) is 2.33. The van der Waals surface area contributed by atoms with Gasteiger partial charge in [0.05, 0.1) is 7.11 Å². The van der Waals surface area contributed by atoms with Gasteiger partial charge in [0.15, 0.2) is 5.78 Å². The number of rotatable bonds is 4. The first kappa shape index (κ1) is 14.1. The van der Waals surface area contributed by atoms with Crippen LogP contribution >= 0.6 is 0 Å². The summed E-state index contributed by atoms with van der Waals surface area (Å²) in [5.41, 5.74) is 1.67. The number of benzene rings is 3. The third kappa shape index (κ3) is 3.07. The van der Waals surface area contributed by atoms with Crippen LogP contribution in [0.3, 0.4) is 0 Å². The molecule has 0 spiro atoms. The quantitative estimate of drug-likeness (QED) is 0.512. The summed E-state index contributed by atoms with van der Waals surface area (Å²) in [7, 11) is 1.63. The van der Waals surface area contributed by atoms with Gasteiger partial charge in [-0.25, -0.2) is 0 Å². The number of fused-ring (bicyclic) bond motifs is 1. The normalized spacial score (nSPS) is 11.0. The molecule has 0 atom stereocenters. The number of carbonyl (C=O) groups excluding carboxylic acids is 1. The van der Waals surface area contributed by atoms with E-state index in [2.05, 4.69) is 0 Å². The molecule has 0 aliphatic heterocycles. The second-order valence-electron chi connectivity index (χ2n) is 5.03. The van der Waals surface area contributed by atoms with Crippen LogP contribution in [-0.4, -0.2) is 12.9 Å². The van der Waals surface area contributed by atoms with E-state index in [4.69, 9.17) is 4.74 Å². The minimum Gasteiger partial charge on any atom is -0.497 e. The Morgan fingerprint density at radius 3 is 2.36 bits per heavy atom. The average molecular weight is 288 g/mol. The van der Waals surface area contributed by atoms with Crippen molar-refractivity contribution in [3.05, 3.63) is 83.9 Å². The first-order valence-corrected chi connectivity index (χ1v) is 7.11. The fourth-order valence-electron chi connectivity index (χ4n) is 2.33. The van der Waals surface area contributed by atoms with Gasteiger partial charge >= 0.3 is 0 Å². The standard InChI is InChI=1S/C20H16O2/c1-22-19-11-6-15(7-12-19)8-13-20(21)18-10-9-16-4-2-3-5-17(16)14-18/h2-14H,1H3. The third-order valence-corrected chi connectivity index (χ3v) is 3.58. The number of methoxy groups -OCH3 is 1. The molecule has 22 heavy (non-hydrogen) atoms. The summed E-state index contributed by atoms with van der Waals surface area (Å²) >= 11 is 0. The molecule has 3 rings (SSSR count). The van der Waals surface area contributed by atoms with Gasteiger partial charge in [-0.1, -0.05) is 54.6 Å². The van der Waals surface area contributed by atoms with E-state index in [0.717, 1.165) is 22.1 Å². The maximum absolute atomic E-state index is 12.3. The van der Waals surface area contributed by atoms with Crippen LogP contribution in [0, 0.1) is 0 Å². The van der Waals surface area contributed by atoms with E-state index in [0.29, 0.717) is 5.56 Å². The van der Waals surface area contributed by atoms with Gasteiger partial charge in [-0.3, -0.25) is 4.79 Å². The zero-order valence-electron chi connectivity index (χ0n) is 12.3. The molecule has 0 aromatic heterocycles. The molecule has 3 aromatic rings. The topological polar surface area (TPSA) is 26.3 Å². The summed E-state index contributed by atoms with van der Waals surface area (Å²) in [6, 6.07) is 21.4. The van der Waals surface area contributed by atoms with Gasteiger partial charge in [0.1, 0.15) is 5.75 Å². The molecule has 0 aliphatic rings. The van der Waals surface area contributed by atoms with Gasteiger partial charge < -0.3 is 4.74 Å². The van der Waals surface area contributed by atoms with Crippen LogP contribution in [0.25, 0.3) is 16.8 Å². The molecule has 0 saturated carbocycles. The summed E-state index contributed by atoms with van der Waals surface area (Å²) in [6.45, 7) is 0. The zero-order chi connectivity index (χ0) is 15.4. The van der Waals surface area contributed by atoms with E-state index in [1.54, 1.807) is 13.2 Å². The van der Waals surface area contributed by atoms with Crippen LogP contribution in [0.1, 0.15) is 15.9 Å². The summed E-state index contributed by atoms with van der Waals surface area (Å²) in [6.07, 6.45) is 3.42. The molecule has 0 radical (unpaired) electrons. The molecule has 0 fully saturated rings. The predicted molar refractivity (Wildman–Crippen MR) is 90.3 cm³/mol. The van der Waals surface area contributed by atoms with E-state index in [-0.39, 0.29) is 5.78 Å². The van der Waals surface area contributed by atoms with Crippen molar-refractivity contribution in [2.45, 2.75) is 0 Å². The van der Waals surface area contributed by atoms with E-state index in [9.17, 15) is 4.79 Å². The second-order valence-corrected chi connectivity index (χ2v) is 5.03. The van der Waals surface area contributed by atoms with Crippen LogP contribution in [0.15, 0.2) is 72.8 Å². The molecule has 108 valence electrons. The lowest BCUT2D eigenvalue weighted by Crippen LogP contribution is -1.93. The molecular weight excluding hydrogens is 272 g/mol. The Kier molecular flexibility index (Phi) is 4.01. The number of hydrogen-bond donors (Lipinski definition) is 0. The maximum Gasteiger partial charge on any atom is 0.185 e. The lowest BCUT2D eigenvalue weighted by molar-refractivity contribution is 0.104. The van der Waals surface area contributed by atoms with Crippen molar-refractivity contribution in [2.24, 2.45) is 0 Å². The Bertz CT molecular complexity index is 830. The Labute approximate surface area is 129 Å². The first-order valence-electron chi connectivity index (χ1n) is 7.11. The zero-order valence-corrected chi connectivity index (χ0v) is 12.3. The molecule has 3 aromatic carbocycles. The van der Waals surface area contributed by atoms with Gasteiger partial charge in [-0.15, -0.1) is 0 Å². The molecule has 0 N–H and O–H groups in total. The van der Waals surface area contributed by atoms with Gasteiger partial charge in [0.25, 0.3) is 0 Å². The van der Waals surface area contributed by atoms with Gasteiger partial charge in [0.2, 0.25) is 0 Å². The summed E-state index contributed by atoms with van der Waals surface area (Å²) in [5.74, 6) is 0.805. The molecule has 0 unspecified atom stereocenters. The number of allylic oxidation sites excluding steroid dienone is 1. The Balaban J connectivity index is 1.81. The monoisotopic (exact) mass is 288 g/mol. The molecule has 0 amide bonds. The predicted octanol–water partition coefficient (Wildman–Crippen LogP) is 4.74. The van der Waals surface area contributed by atoms with Crippen molar-refractivity contribution in [1.29, 1.82) is 0 Å².